The SMILES string of the molecule is CNc1nn(C2CCCCCC2O)c(N)c1C#N. The molecule has 0 bridgehead atoms. The first kappa shape index (κ1) is 12.7. The van der Waals surface area contributed by atoms with Crippen molar-refractivity contribution in [3.63, 3.8) is 0 Å². The number of rotatable bonds is 2. The molecule has 0 spiro atoms. The van der Waals surface area contributed by atoms with E-state index in [9.17, 15) is 5.11 Å². The molecule has 2 unspecified atom stereocenters. The Morgan fingerprint density at radius 1 is 1.44 bits per heavy atom. The van der Waals surface area contributed by atoms with Crippen LogP contribution in [0.5, 0.6) is 0 Å². The highest BCUT2D eigenvalue weighted by molar-refractivity contribution is 5.63. The van der Waals surface area contributed by atoms with E-state index < -0.39 is 6.10 Å². The molecule has 98 valence electrons. The zero-order valence-corrected chi connectivity index (χ0v) is 10.6. The maximum absolute atomic E-state index is 10.2. The van der Waals surface area contributed by atoms with Crippen LogP contribution in [-0.4, -0.2) is 28.0 Å². The lowest BCUT2D eigenvalue weighted by Gasteiger charge is -2.21. The number of hydrogen-bond acceptors (Lipinski definition) is 5. The summed E-state index contributed by atoms with van der Waals surface area (Å²) in [6, 6.07) is 1.93. The zero-order chi connectivity index (χ0) is 13.1. The van der Waals surface area contributed by atoms with Crippen LogP contribution in [0.4, 0.5) is 11.6 Å². The summed E-state index contributed by atoms with van der Waals surface area (Å²) >= 11 is 0. The first-order chi connectivity index (χ1) is 8.69. The number of nitrogen functional groups attached to an aromatic ring is 1. The van der Waals surface area contributed by atoms with Gasteiger partial charge in [-0.05, 0) is 12.8 Å². The number of nitriles is 1. The van der Waals surface area contributed by atoms with Crippen LogP contribution in [0.3, 0.4) is 0 Å². The van der Waals surface area contributed by atoms with Gasteiger partial charge < -0.3 is 16.2 Å². The molecule has 1 aliphatic carbocycles. The maximum atomic E-state index is 10.2. The maximum Gasteiger partial charge on any atom is 0.168 e. The standard InChI is InChI=1S/C12H19N5O/c1-15-12-8(7-13)11(14)17(16-12)9-5-3-2-4-6-10(9)18/h9-10,18H,2-6,14H2,1H3,(H,15,16). The first-order valence-electron chi connectivity index (χ1n) is 6.33. The van der Waals surface area contributed by atoms with Crippen molar-refractivity contribution in [3.8, 4) is 6.07 Å². The topological polar surface area (TPSA) is 99.9 Å². The van der Waals surface area contributed by atoms with Crippen molar-refractivity contribution in [2.24, 2.45) is 0 Å². The van der Waals surface area contributed by atoms with Gasteiger partial charge in [-0.3, -0.25) is 0 Å². The van der Waals surface area contributed by atoms with Gasteiger partial charge in [-0.25, -0.2) is 4.68 Å². The van der Waals surface area contributed by atoms with Gasteiger partial charge in [0.1, 0.15) is 17.5 Å². The minimum atomic E-state index is -0.439. The lowest BCUT2D eigenvalue weighted by atomic mass is 10.1. The molecule has 0 aromatic carbocycles. The minimum absolute atomic E-state index is 0.123. The van der Waals surface area contributed by atoms with Gasteiger partial charge in [-0.2, -0.15) is 10.4 Å². The quantitative estimate of drug-likeness (QED) is 0.685. The lowest BCUT2D eigenvalue weighted by molar-refractivity contribution is 0.100. The highest BCUT2D eigenvalue weighted by Crippen LogP contribution is 2.32. The van der Waals surface area contributed by atoms with Gasteiger partial charge in [0.25, 0.3) is 0 Å². The van der Waals surface area contributed by atoms with Crippen LogP contribution >= 0.6 is 0 Å². The molecule has 0 aliphatic heterocycles. The summed E-state index contributed by atoms with van der Waals surface area (Å²) in [6.07, 6.45) is 4.38. The molecule has 2 rings (SSSR count). The molecule has 1 heterocycles. The van der Waals surface area contributed by atoms with E-state index in [1.807, 2.05) is 0 Å². The van der Waals surface area contributed by atoms with Crippen molar-refractivity contribution in [2.75, 3.05) is 18.1 Å². The molecule has 0 radical (unpaired) electrons. The fourth-order valence-electron chi connectivity index (χ4n) is 2.54. The Labute approximate surface area is 106 Å². The summed E-state index contributed by atoms with van der Waals surface area (Å²) in [5.41, 5.74) is 6.32. The van der Waals surface area contributed by atoms with Gasteiger partial charge >= 0.3 is 0 Å². The lowest BCUT2D eigenvalue weighted by Crippen LogP contribution is -2.25. The van der Waals surface area contributed by atoms with Gasteiger partial charge in [0, 0.05) is 7.05 Å². The van der Waals surface area contributed by atoms with Crippen molar-refractivity contribution in [1.82, 2.24) is 9.78 Å². The highest BCUT2D eigenvalue weighted by Gasteiger charge is 2.27. The largest absolute Gasteiger partial charge is 0.391 e. The van der Waals surface area contributed by atoms with Crippen LogP contribution < -0.4 is 11.1 Å². The Hall–Kier alpha value is -1.74. The molecule has 18 heavy (non-hydrogen) atoms. The second-order valence-electron chi connectivity index (χ2n) is 4.69. The molecule has 1 aromatic rings. The number of aromatic nitrogens is 2. The summed E-state index contributed by atoms with van der Waals surface area (Å²) in [5, 5.41) is 26.4. The van der Waals surface area contributed by atoms with E-state index in [1.54, 1.807) is 11.7 Å². The summed E-state index contributed by atoms with van der Waals surface area (Å²) in [5.74, 6) is 0.819. The Balaban J connectivity index is 2.37. The van der Waals surface area contributed by atoms with Crippen molar-refractivity contribution in [3.05, 3.63) is 5.56 Å². The molecule has 0 saturated heterocycles. The third-order valence-electron chi connectivity index (χ3n) is 3.55. The van der Waals surface area contributed by atoms with Gasteiger partial charge in [0.15, 0.2) is 5.82 Å². The van der Waals surface area contributed by atoms with Crippen LogP contribution in [0.15, 0.2) is 0 Å². The number of nitrogens with zero attached hydrogens (tertiary/aromatic N) is 3. The normalized spacial score (nSPS) is 24.3. The van der Waals surface area contributed by atoms with Gasteiger partial charge in [-0.15, -0.1) is 0 Å². The van der Waals surface area contributed by atoms with Crippen LogP contribution in [0, 0.1) is 11.3 Å². The van der Waals surface area contributed by atoms with E-state index in [0.717, 1.165) is 32.1 Å². The van der Waals surface area contributed by atoms with E-state index >= 15 is 0 Å². The predicted molar refractivity (Wildman–Crippen MR) is 69.0 cm³/mol. The first-order valence-corrected chi connectivity index (χ1v) is 6.33. The second-order valence-corrected chi connectivity index (χ2v) is 4.69. The van der Waals surface area contributed by atoms with Crippen molar-refractivity contribution in [2.45, 2.75) is 44.2 Å². The molecular weight excluding hydrogens is 230 g/mol. The van der Waals surface area contributed by atoms with Gasteiger partial charge in [0.05, 0.1) is 12.1 Å². The summed E-state index contributed by atoms with van der Waals surface area (Å²) in [4.78, 5) is 0. The van der Waals surface area contributed by atoms with E-state index in [-0.39, 0.29) is 6.04 Å². The van der Waals surface area contributed by atoms with Crippen molar-refractivity contribution < 1.29 is 5.11 Å². The van der Waals surface area contributed by atoms with E-state index in [1.165, 1.54) is 0 Å². The van der Waals surface area contributed by atoms with Crippen molar-refractivity contribution in [1.29, 1.82) is 5.26 Å². The number of aliphatic hydroxyl groups is 1. The number of aliphatic hydroxyl groups excluding tert-OH is 1. The number of nitrogens with two attached hydrogens (primary N) is 1. The average Bonchev–Trinajstić information content (AvgIpc) is 2.54. The summed E-state index contributed by atoms with van der Waals surface area (Å²) in [7, 11) is 1.70. The molecule has 2 atom stereocenters. The zero-order valence-electron chi connectivity index (χ0n) is 10.6. The third kappa shape index (κ3) is 2.14. The molecule has 1 saturated carbocycles. The molecule has 1 aromatic heterocycles. The molecular formula is C12H19N5O. The molecule has 6 heteroatoms. The predicted octanol–water partition coefficient (Wildman–Crippen LogP) is 1.24. The average molecular weight is 249 g/mol. The number of nitrogens with one attached hydrogen (secondary N) is 1. The Morgan fingerprint density at radius 3 is 2.78 bits per heavy atom. The molecule has 0 amide bonds. The van der Waals surface area contributed by atoms with E-state index in [0.29, 0.717) is 17.2 Å². The second kappa shape index (κ2) is 5.27. The van der Waals surface area contributed by atoms with E-state index in [4.69, 9.17) is 11.0 Å². The van der Waals surface area contributed by atoms with Crippen molar-refractivity contribution >= 4 is 11.6 Å². The van der Waals surface area contributed by atoms with Crippen LogP contribution in [0.1, 0.15) is 43.7 Å². The Morgan fingerprint density at radius 2 is 2.17 bits per heavy atom. The smallest absolute Gasteiger partial charge is 0.168 e. The third-order valence-corrected chi connectivity index (χ3v) is 3.55. The molecule has 6 nitrogen and oxygen atoms in total. The Kier molecular flexibility index (Phi) is 3.72. The monoisotopic (exact) mass is 249 g/mol. The molecule has 4 N–H and O–H groups in total. The fourth-order valence-corrected chi connectivity index (χ4v) is 2.54. The highest BCUT2D eigenvalue weighted by atomic mass is 16.3. The van der Waals surface area contributed by atoms with Crippen LogP contribution in [0.2, 0.25) is 0 Å². The van der Waals surface area contributed by atoms with E-state index in [2.05, 4.69) is 16.5 Å². The van der Waals surface area contributed by atoms with Gasteiger partial charge in [-0.1, -0.05) is 19.3 Å². The fraction of sp³-hybridized carbons (Fsp3) is 0.667. The van der Waals surface area contributed by atoms with Gasteiger partial charge in [0.2, 0.25) is 0 Å². The minimum Gasteiger partial charge on any atom is -0.391 e. The number of anilines is 2. The number of hydrogen-bond donors (Lipinski definition) is 3. The summed E-state index contributed by atoms with van der Waals surface area (Å²) in [6.45, 7) is 0. The van der Waals surface area contributed by atoms with Crippen LogP contribution in [0.25, 0.3) is 0 Å². The Bertz CT molecular complexity index is 462. The van der Waals surface area contributed by atoms with Crippen LogP contribution in [-0.2, 0) is 0 Å². The summed E-state index contributed by atoms with van der Waals surface area (Å²) < 4.78 is 1.61. The molecule has 1 fully saturated rings. The molecule has 1 aliphatic rings.